The zero-order valence-corrected chi connectivity index (χ0v) is 10.2. The summed E-state index contributed by atoms with van der Waals surface area (Å²) in [7, 11) is 0. The molecule has 0 spiro atoms. The lowest BCUT2D eigenvalue weighted by Gasteiger charge is -2.10. The van der Waals surface area contributed by atoms with Gasteiger partial charge < -0.3 is 4.79 Å². The lowest BCUT2D eigenvalue weighted by atomic mass is 9.95. The van der Waals surface area contributed by atoms with Crippen LogP contribution in [0.4, 0.5) is 0 Å². The molecular weight excluding hydrogens is 240 g/mol. The zero-order valence-electron chi connectivity index (χ0n) is 8.59. The van der Waals surface area contributed by atoms with Crippen molar-refractivity contribution in [3.8, 4) is 0 Å². The van der Waals surface area contributed by atoms with E-state index in [4.69, 9.17) is 0 Å². The first-order valence-electron chi connectivity index (χ1n) is 4.84. The highest BCUT2D eigenvalue weighted by Gasteiger charge is 2.06. The Balaban J connectivity index is 2.60. The fraction of sp³-hybridized carbons (Fsp3) is 0.417. The average molecular weight is 255 g/mol. The van der Waals surface area contributed by atoms with Gasteiger partial charge >= 0.3 is 0 Å². The van der Waals surface area contributed by atoms with Crippen molar-refractivity contribution in [1.82, 2.24) is 0 Å². The van der Waals surface area contributed by atoms with Gasteiger partial charge in [0.1, 0.15) is 5.78 Å². The first kappa shape index (κ1) is 11.4. The van der Waals surface area contributed by atoms with Gasteiger partial charge in [0.05, 0.1) is 0 Å². The van der Waals surface area contributed by atoms with E-state index >= 15 is 0 Å². The van der Waals surface area contributed by atoms with Gasteiger partial charge in [0.15, 0.2) is 0 Å². The molecule has 0 saturated carbocycles. The van der Waals surface area contributed by atoms with Gasteiger partial charge in [-0.25, -0.2) is 0 Å². The summed E-state index contributed by atoms with van der Waals surface area (Å²) in [6.45, 7) is 3.80. The van der Waals surface area contributed by atoms with Crippen LogP contribution in [0.1, 0.15) is 38.2 Å². The van der Waals surface area contributed by atoms with Gasteiger partial charge in [0.25, 0.3) is 0 Å². The van der Waals surface area contributed by atoms with E-state index in [1.54, 1.807) is 6.92 Å². The van der Waals surface area contributed by atoms with Crippen molar-refractivity contribution < 1.29 is 4.79 Å². The normalized spacial score (nSPS) is 12.5. The molecule has 0 saturated heterocycles. The highest BCUT2D eigenvalue weighted by Crippen LogP contribution is 2.23. The molecule has 1 rings (SSSR count). The third-order valence-corrected chi connectivity index (χ3v) is 2.84. The number of Topliss-reactive ketones (excluding diaryl/α,β-unsaturated/α-hetero) is 1. The predicted octanol–water partition coefficient (Wildman–Crippen LogP) is 3.92. The maximum absolute atomic E-state index is 10.8. The molecule has 0 aliphatic rings. The van der Waals surface area contributed by atoms with Crippen molar-refractivity contribution in [1.29, 1.82) is 0 Å². The van der Waals surface area contributed by atoms with Crippen LogP contribution in [-0.4, -0.2) is 5.78 Å². The number of rotatable bonds is 4. The molecule has 1 atom stereocenters. The van der Waals surface area contributed by atoms with Crippen molar-refractivity contribution in [2.45, 2.75) is 32.6 Å². The van der Waals surface area contributed by atoms with Crippen molar-refractivity contribution in [3.05, 3.63) is 34.3 Å². The fourth-order valence-electron chi connectivity index (χ4n) is 1.40. The first-order chi connectivity index (χ1) is 6.59. The summed E-state index contributed by atoms with van der Waals surface area (Å²) in [6, 6.07) is 8.27. The number of ketones is 1. The summed E-state index contributed by atoms with van der Waals surface area (Å²) < 4.78 is 1.10. The maximum Gasteiger partial charge on any atom is 0.129 e. The maximum atomic E-state index is 10.8. The van der Waals surface area contributed by atoms with Crippen molar-refractivity contribution in [2.24, 2.45) is 0 Å². The van der Waals surface area contributed by atoms with E-state index in [2.05, 4.69) is 35.0 Å². The molecule has 1 unspecified atom stereocenters. The van der Waals surface area contributed by atoms with E-state index in [0.717, 1.165) is 10.9 Å². The Kier molecular flexibility index (Phi) is 4.33. The third-order valence-electron chi connectivity index (χ3n) is 2.35. The molecule has 0 aromatic heterocycles. The van der Waals surface area contributed by atoms with Crippen LogP contribution in [-0.2, 0) is 4.79 Å². The largest absolute Gasteiger partial charge is 0.300 e. The number of carbonyl (C=O) groups excluding carboxylic acids is 1. The zero-order chi connectivity index (χ0) is 10.6. The number of hydrogen-bond donors (Lipinski definition) is 0. The summed E-state index contributed by atoms with van der Waals surface area (Å²) in [5.41, 5.74) is 1.29. The molecule has 1 aromatic rings. The minimum Gasteiger partial charge on any atom is -0.300 e. The second kappa shape index (κ2) is 5.30. The average Bonchev–Trinajstić information content (AvgIpc) is 2.14. The molecule has 1 aromatic carbocycles. The smallest absolute Gasteiger partial charge is 0.129 e. The van der Waals surface area contributed by atoms with Gasteiger partial charge in [-0.1, -0.05) is 35.0 Å². The second-order valence-electron chi connectivity index (χ2n) is 3.70. The third kappa shape index (κ3) is 3.62. The number of carbonyl (C=O) groups is 1. The van der Waals surface area contributed by atoms with Crippen LogP contribution in [0.2, 0.25) is 0 Å². The van der Waals surface area contributed by atoms with Crippen LogP contribution < -0.4 is 0 Å². The van der Waals surface area contributed by atoms with Crippen LogP contribution in [0.15, 0.2) is 28.7 Å². The van der Waals surface area contributed by atoms with E-state index in [1.165, 1.54) is 5.56 Å². The first-order valence-corrected chi connectivity index (χ1v) is 5.64. The highest BCUT2D eigenvalue weighted by atomic mass is 79.9. The number of benzene rings is 1. The summed E-state index contributed by atoms with van der Waals surface area (Å²) >= 11 is 3.44. The Morgan fingerprint density at radius 2 is 2.21 bits per heavy atom. The van der Waals surface area contributed by atoms with Crippen LogP contribution in [0.25, 0.3) is 0 Å². The molecule has 0 heterocycles. The summed E-state index contributed by atoms with van der Waals surface area (Å²) in [4.78, 5) is 10.8. The Bertz CT molecular complexity index is 320. The second-order valence-corrected chi connectivity index (χ2v) is 4.61. The molecule has 1 nitrogen and oxygen atoms in total. The molecule has 0 aliphatic heterocycles. The van der Waals surface area contributed by atoms with E-state index in [9.17, 15) is 4.79 Å². The molecule has 0 radical (unpaired) electrons. The van der Waals surface area contributed by atoms with Crippen LogP contribution in [0, 0.1) is 0 Å². The lowest BCUT2D eigenvalue weighted by molar-refractivity contribution is -0.117. The molecule has 0 fully saturated rings. The van der Waals surface area contributed by atoms with E-state index in [0.29, 0.717) is 12.3 Å². The molecule has 76 valence electrons. The predicted molar refractivity (Wildman–Crippen MR) is 62.5 cm³/mol. The quantitative estimate of drug-likeness (QED) is 0.796. The van der Waals surface area contributed by atoms with E-state index < -0.39 is 0 Å². The van der Waals surface area contributed by atoms with Crippen molar-refractivity contribution in [2.75, 3.05) is 0 Å². The van der Waals surface area contributed by atoms with Gasteiger partial charge in [-0.2, -0.15) is 0 Å². The minimum atomic E-state index is 0.270. The molecule has 0 N–H and O–H groups in total. The van der Waals surface area contributed by atoms with Crippen LogP contribution in [0.5, 0.6) is 0 Å². The number of halogens is 1. The fourth-order valence-corrected chi connectivity index (χ4v) is 1.82. The molecule has 0 aliphatic carbocycles. The van der Waals surface area contributed by atoms with Gasteiger partial charge in [0, 0.05) is 10.9 Å². The van der Waals surface area contributed by atoms with Crippen molar-refractivity contribution in [3.63, 3.8) is 0 Å². The van der Waals surface area contributed by atoms with Gasteiger partial charge in [-0.15, -0.1) is 0 Å². The van der Waals surface area contributed by atoms with E-state index in [1.807, 2.05) is 12.1 Å². The van der Waals surface area contributed by atoms with Crippen LogP contribution >= 0.6 is 15.9 Å². The van der Waals surface area contributed by atoms with Crippen LogP contribution in [0.3, 0.4) is 0 Å². The Hall–Kier alpha value is -0.630. The summed E-state index contributed by atoms with van der Waals surface area (Å²) in [6.07, 6.45) is 1.61. The number of hydrogen-bond acceptors (Lipinski definition) is 1. The molecule has 0 bridgehead atoms. The van der Waals surface area contributed by atoms with Gasteiger partial charge in [-0.05, 0) is 37.0 Å². The molecule has 0 amide bonds. The highest BCUT2D eigenvalue weighted by molar-refractivity contribution is 9.10. The monoisotopic (exact) mass is 254 g/mol. The molecule has 14 heavy (non-hydrogen) atoms. The minimum absolute atomic E-state index is 0.270. The summed E-state index contributed by atoms with van der Waals surface area (Å²) in [5, 5.41) is 0. The Labute approximate surface area is 93.7 Å². The Morgan fingerprint density at radius 1 is 1.50 bits per heavy atom. The Morgan fingerprint density at radius 3 is 2.79 bits per heavy atom. The standard InChI is InChI=1S/C12H15BrO/c1-9(6-7-10(2)14)11-4-3-5-12(13)8-11/h3-5,8-9H,6-7H2,1-2H3. The van der Waals surface area contributed by atoms with Gasteiger partial charge in [0.2, 0.25) is 0 Å². The lowest BCUT2D eigenvalue weighted by Crippen LogP contribution is -1.97. The summed E-state index contributed by atoms with van der Waals surface area (Å²) in [5.74, 6) is 0.725. The molecule has 2 heteroatoms. The molecular formula is C12H15BrO. The van der Waals surface area contributed by atoms with Gasteiger partial charge in [-0.3, -0.25) is 0 Å². The topological polar surface area (TPSA) is 17.1 Å². The SMILES string of the molecule is CC(=O)CCC(C)c1cccc(Br)c1. The van der Waals surface area contributed by atoms with E-state index in [-0.39, 0.29) is 5.78 Å². The van der Waals surface area contributed by atoms with Crippen molar-refractivity contribution >= 4 is 21.7 Å².